The summed E-state index contributed by atoms with van der Waals surface area (Å²) in [4.78, 5) is 32.1. The lowest BCUT2D eigenvalue weighted by Crippen LogP contribution is -2.34. The molecule has 31 heavy (non-hydrogen) atoms. The van der Waals surface area contributed by atoms with Gasteiger partial charge in [0.2, 0.25) is 5.91 Å². The third-order valence-electron chi connectivity index (χ3n) is 5.48. The van der Waals surface area contributed by atoms with Crippen LogP contribution in [0.4, 0.5) is 0 Å². The van der Waals surface area contributed by atoms with Crippen molar-refractivity contribution in [1.82, 2.24) is 19.6 Å². The summed E-state index contributed by atoms with van der Waals surface area (Å²) in [5.41, 5.74) is 2.63. The van der Waals surface area contributed by atoms with Gasteiger partial charge in [0.1, 0.15) is 5.65 Å². The number of thioether (sulfide) groups is 1. The molecule has 7 heteroatoms. The zero-order chi connectivity index (χ0) is 21.5. The van der Waals surface area contributed by atoms with Crippen LogP contribution in [0.2, 0.25) is 0 Å². The molecule has 1 N–H and O–H groups in total. The van der Waals surface area contributed by atoms with E-state index in [0.717, 1.165) is 60.8 Å². The van der Waals surface area contributed by atoms with Gasteiger partial charge in [-0.05, 0) is 55.7 Å². The maximum absolute atomic E-state index is 12.4. The summed E-state index contributed by atoms with van der Waals surface area (Å²) in [6.07, 6.45) is 8.70. The fourth-order valence-electron chi connectivity index (χ4n) is 3.77. The molecule has 3 heterocycles. The van der Waals surface area contributed by atoms with Gasteiger partial charge in [-0.25, -0.2) is 4.98 Å². The number of nitrogens with one attached hydrogen (secondary N) is 1. The van der Waals surface area contributed by atoms with E-state index in [2.05, 4.69) is 10.3 Å². The van der Waals surface area contributed by atoms with E-state index in [9.17, 15) is 9.59 Å². The number of hydrogen-bond donors (Lipinski definition) is 1. The molecular formula is C24H28N4O2S. The average Bonchev–Trinajstić information content (AvgIpc) is 3.11. The summed E-state index contributed by atoms with van der Waals surface area (Å²) in [6, 6.07) is 13.6. The van der Waals surface area contributed by atoms with Crippen molar-refractivity contribution in [3.05, 3.63) is 66.1 Å². The quantitative estimate of drug-likeness (QED) is 0.426. The number of fused-ring (bicyclic) bond motifs is 1. The van der Waals surface area contributed by atoms with Crippen LogP contribution in [0, 0.1) is 0 Å². The van der Waals surface area contributed by atoms with Crippen molar-refractivity contribution in [1.29, 1.82) is 0 Å². The number of benzene rings is 1. The lowest BCUT2D eigenvalue weighted by molar-refractivity contribution is -0.130. The number of likely N-dealkylation sites (tertiary alicyclic amines) is 1. The first-order valence-corrected chi connectivity index (χ1v) is 11.9. The summed E-state index contributed by atoms with van der Waals surface area (Å²) < 4.78 is 2.02. The Morgan fingerprint density at radius 1 is 1.10 bits per heavy atom. The second kappa shape index (κ2) is 10.5. The van der Waals surface area contributed by atoms with Gasteiger partial charge in [-0.1, -0.05) is 12.5 Å². The topological polar surface area (TPSA) is 66.7 Å². The van der Waals surface area contributed by atoms with Gasteiger partial charge < -0.3 is 14.6 Å². The van der Waals surface area contributed by atoms with Crippen molar-refractivity contribution in [2.45, 2.75) is 42.8 Å². The maximum Gasteiger partial charge on any atom is 0.251 e. The highest BCUT2D eigenvalue weighted by molar-refractivity contribution is 7.98. The van der Waals surface area contributed by atoms with Crippen LogP contribution in [0.1, 0.15) is 48.2 Å². The van der Waals surface area contributed by atoms with E-state index in [1.165, 1.54) is 0 Å². The molecule has 162 valence electrons. The number of nitrogens with zero attached hydrogens (tertiary/aromatic N) is 3. The number of aromatic nitrogens is 2. The second-order valence-electron chi connectivity index (χ2n) is 7.81. The number of carbonyl (C=O) groups excluding carboxylic acids is 2. The van der Waals surface area contributed by atoms with Crippen molar-refractivity contribution < 1.29 is 9.59 Å². The van der Waals surface area contributed by atoms with Gasteiger partial charge in [0.15, 0.2) is 0 Å². The monoisotopic (exact) mass is 436 g/mol. The minimum absolute atomic E-state index is 0.0703. The molecule has 0 spiro atoms. The Labute approximate surface area is 187 Å². The Balaban J connectivity index is 1.21. The van der Waals surface area contributed by atoms with Gasteiger partial charge in [0, 0.05) is 54.7 Å². The molecule has 0 unspecified atom stereocenters. The molecule has 0 aliphatic carbocycles. The molecule has 1 saturated heterocycles. The van der Waals surface area contributed by atoms with Crippen LogP contribution >= 0.6 is 11.8 Å². The van der Waals surface area contributed by atoms with Crippen LogP contribution in [-0.2, 0) is 10.5 Å². The highest BCUT2D eigenvalue weighted by Crippen LogP contribution is 2.23. The average molecular weight is 437 g/mol. The molecule has 1 aliphatic heterocycles. The lowest BCUT2D eigenvalue weighted by atomic mass is 10.2. The van der Waals surface area contributed by atoms with Crippen LogP contribution in [0.15, 0.2) is 59.8 Å². The SMILES string of the molecule is O=C(NCCCN1CCCCCC1=O)c1ccc(SCc2cn3ccccc3n2)cc1. The molecule has 0 atom stereocenters. The summed E-state index contributed by atoms with van der Waals surface area (Å²) in [7, 11) is 0. The van der Waals surface area contributed by atoms with Gasteiger partial charge in [-0.3, -0.25) is 9.59 Å². The van der Waals surface area contributed by atoms with E-state index < -0.39 is 0 Å². The predicted molar refractivity (Wildman–Crippen MR) is 123 cm³/mol. The standard InChI is InChI=1S/C24H28N4O2S/c29-23-8-2-1-4-14-27(23)16-6-13-25-24(30)19-9-11-21(12-10-19)31-18-20-17-28-15-5-3-7-22(28)26-20/h3,5,7,9-12,15,17H,1-2,4,6,8,13-14,16,18H2,(H,25,30). The molecule has 4 rings (SSSR count). The smallest absolute Gasteiger partial charge is 0.251 e. The first kappa shape index (κ1) is 21.4. The molecule has 1 aliphatic rings. The van der Waals surface area contributed by atoms with Gasteiger partial charge in [-0.2, -0.15) is 0 Å². The van der Waals surface area contributed by atoms with E-state index in [0.29, 0.717) is 18.5 Å². The third kappa shape index (κ3) is 5.88. The van der Waals surface area contributed by atoms with E-state index >= 15 is 0 Å². The molecule has 2 aromatic heterocycles. The first-order valence-electron chi connectivity index (χ1n) is 10.9. The van der Waals surface area contributed by atoms with Crippen LogP contribution in [0.3, 0.4) is 0 Å². The summed E-state index contributed by atoms with van der Waals surface area (Å²) >= 11 is 1.70. The van der Waals surface area contributed by atoms with Crippen LogP contribution < -0.4 is 5.32 Å². The highest BCUT2D eigenvalue weighted by atomic mass is 32.2. The highest BCUT2D eigenvalue weighted by Gasteiger charge is 2.15. The number of imidazole rings is 1. The number of amides is 2. The minimum Gasteiger partial charge on any atom is -0.352 e. The Bertz CT molecular complexity index is 998. The van der Waals surface area contributed by atoms with Crippen LogP contribution in [0.25, 0.3) is 5.65 Å². The van der Waals surface area contributed by atoms with Gasteiger partial charge >= 0.3 is 0 Å². The van der Waals surface area contributed by atoms with Gasteiger partial charge in [0.25, 0.3) is 5.91 Å². The van der Waals surface area contributed by atoms with Crippen LogP contribution in [0.5, 0.6) is 0 Å². The number of rotatable bonds is 8. The summed E-state index contributed by atoms with van der Waals surface area (Å²) in [6.45, 7) is 2.14. The minimum atomic E-state index is -0.0703. The number of pyridine rings is 1. The number of carbonyl (C=O) groups is 2. The molecule has 6 nitrogen and oxygen atoms in total. The second-order valence-corrected chi connectivity index (χ2v) is 8.86. The predicted octanol–water partition coefficient (Wildman–Crippen LogP) is 4.15. The van der Waals surface area contributed by atoms with Crippen molar-refractivity contribution in [3.8, 4) is 0 Å². The molecule has 3 aromatic rings. The van der Waals surface area contributed by atoms with Gasteiger partial charge in [-0.15, -0.1) is 11.8 Å². The Morgan fingerprint density at radius 3 is 2.81 bits per heavy atom. The number of hydrogen-bond acceptors (Lipinski definition) is 4. The van der Waals surface area contributed by atoms with E-state index in [-0.39, 0.29) is 11.8 Å². The zero-order valence-electron chi connectivity index (χ0n) is 17.6. The molecule has 1 fully saturated rings. The molecule has 1 aromatic carbocycles. The largest absolute Gasteiger partial charge is 0.352 e. The van der Waals surface area contributed by atoms with E-state index in [1.807, 2.05) is 64.2 Å². The Morgan fingerprint density at radius 2 is 1.97 bits per heavy atom. The van der Waals surface area contributed by atoms with Gasteiger partial charge in [0.05, 0.1) is 5.69 Å². The van der Waals surface area contributed by atoms with E-state index in [4.69, 9.17) is 0 Å². The van der Waals surface area contributed by atoms with Crippen molar-refractivity contribution in [3.63, 3.8) is 0 Å². The molecular weight excluding hydrogens is 408 g/mol. The van der Waals surface area contributed by atoms with Crippen molar-refractivity contribution in [2.75, 3.05) is 19.6 Å². The molecule has 0 radical (unpaired) electrons. The third-order valence-corrected chi connectivity index (χ3v) is 6.52. The first-order chi connectivity index (χ1) is 15.2. The Kier molecular flexibility index (Phi) is 7.25. The van der Waals surface area contributed by atoms with E-state index in [1.54, 1.807) is 11.8 Å². The summed E-state index contributed by atoms with van der Waals surface area (Å²) in [5.74, 6) is 0.960. The van der Waals surface area contributed by atoms with Crippen molar-refractivity contribution >= 4 is 29.2 Å². The normalized spacial score (nSPS) is 14.6. The maximum atomic E-state index is 12.4. The van der Waals surface area contributed by atoms with Crippen molar-refractivity contribution in [2.24, 2.45) is 0 Å². The molecule has 2 amide bonds. The fraction of sp³-hybridized carbons (Fsp3) is 0.375. The Hall–Kier alpha value is -2.80. The lowest BCUT2D eigenvalue weighted by Gasteiger charge is -2.20. The zero-order valence-corrected chi connectivity index (χ0v) is 18.4. The fourth-order valence-corrected chi connectivity index (χ4v) is 4.55. The summed E-state index contributed by atoms with van der Waals surface area (Å²) in [5, 5.41) is 2.96. The molecule has 0 saturated carbocycles. The van der Waals surface area contributed by atoms with Crippen LogP contribution in [-0.4, -0.2) is 45.7 Å². The molecule has 0 bridgehead atoms.